The van der Waals surface area contributed by atoms with E-state index in [0.29, 0.717) is 11.7 Å². The lowest BCUT2D eigenvalue weighted by Gasteiger charge is -2.30. The Labute approximate surface area is 106 Å². The third-order valence-corrected chi connectivity index (χ3v) is 2.94. The standard InChI is InChI=1S/C9H17NOS.2C2H6/c1-8-3-5-10(6-4-8)9(11)7-12-2;2*1-2/h8H,3-7H2,1-2H3;2*1-2H3. The number of carbonyl (C=O) groups excluding carboxylic acids is 1. The van der Waals surface area contributed by atoms with Crippen LogP contribution in [0.25, 0.3) is 0 Å². The maximum Gasteiger partial charge on any atom is 0.232 e. The Morgan fingerprint density at radius 1 is 1.19 bits per heavy atom. The second-order valence-electron chi connectivity index (χ2n) is 3.50. The molecule has 0 radical (unpaired) electrons. The van der Waals surface area contributed by atoms with Crippen LogP contribution in [0.15, 0.2) is 0 Å². The van der Waals surface area contributed by atoms with Crippen molar-refractivity contribution in [3.05, 3.63) is 0 Å². The number of piperidine rings is 1. The highest BCUT2D eigenvalue weighted by Crippen LogP contribution is 2.16. The van der Waals surface area contributed by atoms with Crippen LogP contribution in [-0.2, 0) is 4.79 Å². The molecule has 0 aromatic carbocycles. The van der Waals surface area contributed by atoms with Crippen molar-refractivity contribution in [2.45, 2.75) is 47.5 Å². The monoisotopic (exact) mass is 247 g/mol. The summed E-state index contributed by atoms with van der Waals surface area (Å²) >= 11 is 1.61. The maximum absolute atomic E-state index is 11.4. The highest BCUT2D eigenvalue weighted by molar-refractivity contribution is 7.99. The van der Waals surface area contributed by atoms with Gasteiger partial charge in [0.05, 0.1) is 5.75 Å². The summed E-state index contributed by atoms with van der Waals surface area (Å²) in [6.45, 7) is 12.2. The van der Waals surface area contributed by atoms with Gasteiger partial charge >= 0.3 is 0 Å². The minimum Gasteiger partial charge on any atom is -0.342 e. The van der Waals surface area contributed by atoms with Crippen LogP contribution in [-0.4, -0.2) is 35.9 Å². The Morgan fingerprint density at radius 2 is 1.62 bits per heavy atom. The van der Waals surface area contributed by atoms with E-state index >= 15 is 0 Å². The van der Waals surface area contributed by atoms with Crippen molar-refractivity contribution >= 4 is 17.7 Å². The summed E-state index contributed by atoms with van der Waals surface area (Å²) in [6.07, 6.45) is 4.34. The van der Waals surface area contributed by atoms with Crippen molar-refractivity contribution in [1.82, 2.24) is 4.90 Å². The van der Waals surface area contributed by atoms with Crippen LogP contribution in [0.4, 0.5) is 0 Å². The summed E-state index contributed by atoms with van der Waals surface area (Å²) in [6, 6.07) is 0. The number of rotatable bonds is 2. The van der Waals surface area contributed by atoms with Gasteiger partial charge in [0.2, 0.25) is 5.91 Å². The molecular formula is C13H29NOS. The van der Waals surface area contributed by atoms with Gasteiger partial charge in [-0.15, -0.1) is 0 Å². The maximum atomic E-state index is 11.4. The first-order chi connectivity index (χ1) is 7.74. The molecule has 0 aliphatic carbocycles. The zero-order valence-corrected chi connectivity index (χ0v) is 12.7. The smallest absolute Gasteiger partial charge is 0.232 e. The molecule has 0 aromatic heterocycles. The van der Waals surface area contributed by atoms with Crippen LogP contribution in [0.2, 0.25) is 0 Å². The van der Waals surface area contributed by atoms with Gasteiger partial charge in [0, 0.05) is 13.1 Å². The number of amides is 1. The minimum absolute atomic E-state index is 0.314. The summed E-state index contributed by atoms with van der Waals surface area (Å²) < 4.78 is 0. The van der Waals surface area contributed by atoms with E-state index < -0.39 is 0 Å². The van der Waals surface area contributed by atoms with Crippen molar-refractivity contribution in [2.75, 3.05) is 25.1 Å². The largest absolute Gasteiger partial charge is 0.342 e. The molecule has 0 spiro atoms. The third kappa shape index (κ3) is 8.03. The average Bonchev–Trinajstić information content (AvgIpc) is 2.35. The second-order valence-corrected chi connectivity index (χ2v) is 4.36. The fourth-order valence-corrected chi connectivity index (χ4v) is 1.90. The summed E-state index contributed by atoms with van der Waals surface area (Å²) in [5.74, 6) is 1.77. The number of nitrogens with zero attached hydrogens (tertiary/aromatic N) is 1. The van der Waals surface area contributed by atoms with Gasteiger partial charge in [0.25, 0.3) is 0 Å². The van der Waals surface area contributed by atoms with E-state index in [1.165, 1.54) is 12.8 Å². The van der Waals surface area contributed by atoms with Crippen LogP contribution < -0.4 is 0 Å². The van der Waals surface area contributed by atoms with Crippen LogP contribution in [0.5, 0.6) is 0 Å². The molecule has 0 aromatic rings. The van der Waals surface area contributed by atoms with Gasteiger partial charge in [-0.1, -0.05) is 34.6 Å². The zero-order chi connectivity index (χ0) is 13.0. The Kier molecular flexibility index (Phi) is 14.7. The van der Waals surface area contributed by atoms with Crippen molar-refractivity contribution in [3.8, 4) is 0 Å². The summed E-state index contributed by atoms with van der Waals surface area (Å²) in [4.78, 5) is 13.4. The Balaban J connectivity index is 0. The Bertz CT molecular complexity index is 154. The summed E-state index contributed by atoms with van der Waals surface area (Å²) in [7, 11) is 0. The fraction of sp³-hybridized carbons (Fsp3) is 0.923. The molecule has 1 aliphatic heterocycles. The van der Waals surface area contributed by atoms with E-state index in [0.717, 1.165) is 19.0 Å². The average molecular weight is 247 g/mol. The first-order valence-electron chi connectivity index (χ1n) is 6.50. The molecule has 0 bridgehead atoms. The fourth-order valence-electron chi connectivity index (χ4n) is 1.47. The van der Waals surface area contributed by atoms with Crippen molar-refractivity contribution in [1.29, 1.82) is 0 Å². The van der Waals surface area contributed by atoms with Gasteiger partial charge in [0.1, 0.15) is 0 Å². The minimum atomic E-state index is 0.314. The van der Waals surface area contributed by atoms with Gasteiger partial charge in [-0.3, -0.25) is 4.79 Å². The lowest BCUT2D eigenvalue weighted by molar-refractivity contribution is -0.129. The van der Waals surface area contributed by atoms with Crippen molar-refractivity contribution in [3.63, 3.8) is 0 Å². The van der Waals surface area contributed by atoms with Crippen LogP contribution in [0.3, 0.4) is 0 Å². The molecule has 0 saturated carbocycles. The van der Waals surface area contributed by atoms with E-state index in [9.17, 15) is 4.79 Å². The quantitative estimate of drug-likeness (QED) is 0.742. The lowest BCUT2D eigenvalue weighted by Crippen LogP contribution is -2.38. The van der Waals surface area contributed by atoms with Gasteiger partial charge in [-0.2, -0.15) is 11.8 Å². The molecule has 0 N–H and O–H groups in total. The third-order valence-electron chi connectivity index (χ3n) is 2.40. The highest BCUT2D eigenvalue weighted by Gasteiger charge is 2.19. The number of hydrogen-bond donors (Lipinski definition) is 0. The predicted octanol–water partition coefficient (Wildman–Crippen LogP) is 3.66. The topological polar surface area (TPSA) is 20.3 Å². The van der Waals surface area contributed by atoms with Gasteiger partial charge < -0.3 is 4.90 Å². The first-order valence-corrected chi connectivity index (χ1v) is 7.90. The number of likely N-dealkylation sites (tertiary alicyclic amines) is 1. The molecule has 16 heavy (non-hydrogen) atoms. The summed E-state index contributed by atoms with van der Waals surface area (Å²) in [5, 5.41) is 0. The van der Waals surface area contributed by atoms with Crippen LogP contribution in [0.1, 0.15) is 47.5 Å². The van der Waals surface area contributed by atoms with E-state index in [-0.39, 0.29) is 0 Å². The van der Waals surface area contributed by atoms with E-state index in [1.807, 2.05) is 38.9 Å². The second kappa shape index (κ2) is 12.9. The van der Waals surface area contributed by atoms with Crippen molar-refractivity contribution < 1.29 is 4.79 Å². The molecule has 98 valence electrons. The molecule has 1 amide bonds. The summed E-state index contributed by atoms with van der Waals surface area (Å²) in [5.41, 5.74) is 0. The molecule has 1 rings (SSSR count). The number of thioether (sulfide) groups is 1. The lowest BCUT2D eigenvalue weighted by atomic mass is 9.99. The molecule has 3 heteroatoms. The molecule has 1 fully saturated rings. The van der Waals surface area contributed by atoms with Gasteiger partial charge in [-0.25, -0.2) is 0 Å². The number of hydrogen-bond acceptors (Lipinski definition) is 2. The molecular weight excluding hydrogens is 218 g/mol. The normalized spacial score (nSPS) is 15.5. The van der Waals surface area contributed by atoms with Gasteiger partial charge in [-0.05, 0) is 25.0 Å². The SMILES string of the molecule is CC.CC.CSCC(=O)N1CCC(C)CC1. The highest BCUT2D eigenvalue weighted by atomic mass is 32.2. The van der Waals surface area contributed by atoms with Gasteiger partial charge in [0.15, 0.2) is 0 Å². The predicted molar refractivity (Wildman–Crippen MR) is 76.1 cm³/mol. The van der Waals surface area contributed by atoms with Crippen molar-refractivity contribution in [2.24, 2.45) is 5.92 Å². The number of carbonyl (C=O) groups is 1. The van der Waals surface area contributed by atoms with E-state index in [2.05, 4.69) is 6.92 Å². The molecule has 1 aliphatic rings. The zero-order valence-electron chi connectivity index (χ0n) is 11.9. The molecule has 2 nitrogen and oxygen atoms in total. The Morgan fingerprint density at radius 3 is 2.00 bits per heavy atom. The van der Waals surface area contributed by atoms with E-state index in [1.54, 1.807) is 11.8 Å². The molecule has 1 saturated heterocycles. The van der Waals surface area contributed by atoms with Crippen LogP contribution in [0, 0.1) is 5.92 Å². The first kappa shape index (κ1) is 18.2. The Hall–Kier alpha value is -0.180. The molecule has 0 unspecified atom stereocenters. The van der Waals surface area contributed by atoms with Crippen LogP contribution >= 0.6 is 11.8 Å². The molecule has 1 heterocycles. The molecule has 0 atom stereocenters. The van der Waals surface area contributed by atoms with E-state index in [4.69, 9.17) is 0 Å².